The van der Waals surface area contributed by atoms with Crippen LogP contribution in [0.3, 0.4) is 0 Å². The molecule has 12 heteroatoms. The third-order valence-electron chi connectivity index (χ3n) is 8.67. The number of amides is 2. The second kappa shape index (κ2) is 21.1. The van der Waals surface area contributed by atoms with Gasteiger partial charge in [-0.15, -0.1) is 6.58 Å². The third kappa shape index (κ3) is 12.4. The summed E-state index contributed by atoms with van der Waals surface area (Å²) in [7, 11) is 0. The third-order valence-corrected chi connectivity index (χ3v) is 8.67. The number of rotatable bonds is 23. The Morgan fingerprint density at radius 1 is 0.827 bits per heavy atom. The molecule has 2 amide bonds. The van der Waals surface area contributed by atoms with Crippen molar-refractivity contribution in [3.63, 3.8) is 0 Å². The standard InChI is InChI=1S/C40H50N4O8/c1-2-10-31-29-11-6-12-33(45)30(29)17-19-36(31)51-25-5-3-4-24-50-34-13-7-14-35(32(34)18-21-39(47)48)52-26-8-15-38(46)42-22-9-23-43-40(49)28-16-20-37(41)44-27-28/h2,7,13-14,16-17,19-20,27H,1,3-6,8-12,15,18,21-26H2,(H2,41,44)(H,42,46)(H,43,49)(H,47,48). The van der Waals surface area contributed by atoms with E-state index in [0.717, 1.165) is 54.5 Å². The van der Waals surface area contributed by atoms with Gasteiger partial charge in [0.05, 0.1) is 25.4 Å². The Labute approximate surface area is 305 Å². The number of Topliss-reactive ketones (excluding diaryl/α,β-unsaturated/α-hetero) is 1. The van der Waals surface area contributed by atoms with Crippen LogP contribution in [0.15, 0.2) is 61.3 Å². The minimum absolute atomic E-state index is 0.0709. The van der Waals surface area contributed by atoms with Crippen molar-refractivity contribution in [1.82, 2.24) is 15.6 Å². The van der Waals surface area contributed by atoms with E-state index in [2.05, 4.69) is 22.2 Å². The highest BCUT2D eigenvalue weighted by atomic mass is 16.5. The molecule has 0 saturated heterocycles. The molecule has 52 heavy (non-hydrogen) atoms. The predicted molar refractivity (Wildman–Crippen MR) is 198 cm³/mol. The van der Waals surface area contributed by atoms with Gasteiger partial charge in [0.25, 0.3) is 5.91 Å². The fourth-order valence-corrected chi connectivity index (χ4v) is 5.98. The van der Waals surface area contributed by atoms with Crippen molar-refractivity contribution in [3.05, 3.63) is 89.1 Å². The number of hydrogen-bond acceptors (Lipinski definition) is 9. The molecule has 4 rings (SSSR count). The summed E-state index contributed by atoms with van der Waals surface area (Å²) in [6.45, 7) is 5.97. The average molecular weight is 715 g/mol. The van der Waals surface area contributed by atoms with E-state index in [4.69, 9.17) is 19.9 Å². The molecule has 0 bridgehead atoms. The van der Waals surface area contributed by atoms with Gasteiger partial charge in [-0.3, -0.25) is 19.2 Å². The van der Waals surface area contributed by atoms with Crippen LogP contribution in [0.25, 0.3) is 0 Å². The van der Waals surface area contributed by atoms with Crippen molar-refractivity contribution < 1.29 is 38.5 Å². The number of carbonyl (C=O) groups excluding carboxylic acids is 3. The lowest BCUT2D eigenvalue weighted by molar-refractivity contribution is -0.137. The first-order chi connectivity index (χ1) is 25.3. The van der Waals surface area contributed by atoms with E-state index >= 15 is 0 Å². The van der Waals surface area contributed by atoms with E-state index < -0.39 is 5.97 Å². The Hall–Kier alpha value is -5.39. The van der Waals surface area contributed by atoms with Gasteiger partial charge in [0, 0.05) is 55.2 Å². The fraction of sp³-hybridized carbons (Fsp3) is 0.425. The molecule has 0 radical (unpaired) electrons. The maximum atomic E-state index is 12.4. The summed E-state index contributed by atoms with van der Waals surface area (Å²) in [4.78, 5) is 52.1. The number of carboxylic acid groups (broad SMARTS) is 1. The van der Waals surface area contributed by atoms with Gasteiger partial charge in [-0.1, -0.05) is 12.1 Å². The number of benzene rings is 2. The zero-order valence-electron chi connectivity index (χ0n) is 29.8. The molecule has 1 heterocycles. The van der Waals surface area contributed by atoms with E-state index in [1.807, 2.05) is 30.3 Å². The molecular weight excluding hydrogens is 664 g/mol. The molecule has 2 aromatic carbocycles. The highest BCUT2D eigenvalue weighted by Crippen LogP contribution is 2.33. The normalized spacial score (nSPS) is 12.0. The number of hydrogen-bond donors (Lipinski definition) is 4. The van der Waals surface area contributed by atoms with Crippen molar-refractivity contribution >= 4 is 29.4 Å². The van der Waals surface area contributed by atoms with Crippen LogP contribution in [0.1, 0.15) is 95.2 Å². The lowest BCUT2D eigenvalue weighted by Gasteiger charge is -2.21. The second-order valence-electron chi connectivity index (χ2n) is 12.6. The maximum Gasteiger partial charge on any atom is 0.303 e. The number of aromatic nitrogens is 1. The van der Waals surface area contributed by atoms with Crippen LogP contribution >= 0.6 is 0 Å². The quantitative estimate of drug-likeness (QED) is 0.0708. The molecule has 12 nitrogen and oxygen atoms in total. The lowest BCUT2D eigenvalue weighted by atomic mass is 9.86. The molecule has 1 aromatic heterocycles. The number of nitrogens with two attached hydrogens (primary N) is 1. The van der Waals surface area contributed by atoms with E-state index in [-0.39, 0.29) is 43.5 Å². The number of carbonyl (C=O) groups is 4. The Kier molecular flexibility index (Phi) is 16.0. The molecule has 1 aliphatic rings. The number of anilines is 1. The number of ketones is 1. The summed E-state index contributed by atoms with van der Waals surface area (Å²) in [6.07, 6.45) is 10.2. The van der Waals surface area contributed by atoms with Crippen LogP contribution in [-0.4, -0.2) is 66.6 Å². The van der Waals surface area contributed by atoms with Crippen LogP contribution in [-0.2, 0) is 28.9 Å². The number of nitrogen functional groups attached to an aromatic ring is 1. The Balaban J connectivity index is 1.15. The van der Waals surface area contributed by atoms with Gasteiger partial charge >= 0.3 is 5.97 Å². The summed E-state index contributed by atoms with van der Waals surface area (Å²) in [5, 5.41) is 15.0. The predicted octanol–water partition coefficient (Wildman–Crippen LogP) is 5.65. The van der Waals surface area contributed by atoms with E-state index in [1.54, 1.807) is 18.2 Å². The molecule has 0 spiro atoms. The van der Waals surface area contributed by atoms with Gasteiger partial charge in [0.15, 0.2) is 5.78 Å². The SMILES string of the molecule is C=CCc1c(OCCCCCOc2cccc(OCCCC(=O)NCCCNC(=O)c3ccc(N)nc3)c2CCC(=O)O)ccc2c1CCCC2=O. The van der Waals surface area contributed by atoms with Gasteiger partial charge in [-0.05, 0) is 99.7 Å². The fourth-order valence-electron chi connectivity index (χ4n) is 5.98. The minimum Gasteiger partial charge on any atom is -0.493 e. The van der Waals surface area contributed by atoms with Crippen LogP contribution in [0, 0.1) is 0 Å². The molecular formula is C40H50N4O8. The first-order valence-electron chi connectivity index (χ1n) is 18.0. The number of fused-ring (bicyclic) bond motifs is 1. The maximum absolute atomic E-state index is 12.4. The van der Waals surface area contributed by atoms with E-state index in [9.17, 15) is 24.3 Å². The molecule has 0 unspecified atom stereocenters. The Morgan fingerprint density at radius 2 is 1.52 bits per heavy atom. The molecule has 5 N–H and O–H groups in total. The lowest BCUT2D eigenvalue weighted by Crippen LogP contribution is -2.30. The van der Waals surface area contributed by atoms with Gasteiger partial charge in [0.1, 0.15) is 23.1 Å². The number of aliphatic carboxylic acids is 1. The largest absolute Gasteiger partial charge is 0.493 e. The first kappa shape index (κ1) is 39.4. The van der Waals surface area contributed by atoms with Crippen molar-refractivity contribution in [2.75, 3.05) is 38.6 Å². The molecule has 0 aliphatic heterocycles. The smallest absolute Gasteiger partial charge is 0.303 e. The van der Waals surface area contributed by atoms with Gasteiger partial charge in [-0.25, -0.2) is 4.98 Å². The number of nitrogens with zero attached hydrogens (tertiary/aromatic N) is 1. The summed E-state index contributed by atoms with van der Waals surface area (Å²) in [5.74, 6) is 1.19. The number of carboxylic acids is 1. The monoisotopic (exact) mass is 714 g/mol. The Bertz CT molecular complexity index is 1670. The number of nitrogens with one attached hydrogen (secondary N) is 2. The van der Waals surface area contributed by atoms with Crippen molar-refractivity contribution in [1.29, 1.82) is 0 Å². The van der Waals surface area contributed by atoms with Crippen LogP contribution in [0.2, 0.25) is 0 Å². The summed E-state index contributed by atoms with van der Waals surface area (Å²) in [5.41, 5.74) is 9.62. The molecule has 3 aromatic rings. The molecule has 0 atom stereocenters. The topological polar surface area (TPSA) is 179 Å². The molecule has 0 saturated carbocycles. The van der Waals surface area contributed by atoms with Gasteiger partial charge in [0.2, 0.25) is 5.91 Å². The van der Waals surface area contributed by atoms with Gasteiger partial charge in [-0.2, -0.15) is 0 Å². The zero-order valence-corrected chi connectivity index (χ0v) is 29.8. The minimum atomic E-state index is -0.916. The number of allylic oxidation sites excluding steroid dienone is 1. The van der Waals surface area contributed by atoms with Crippen molar-refractivity contribution in [2.24, 2.45) is 0 Å². The molecule has 1 aliphatic carbocycles. The average Bonchev–Trinajstić information content (AvgIpc) is 3.13. The van der Waals surface area contributed by atoms with Crippen LogP contribution in [0.4, 0.5) is 5.82 Å². The van der Waals surface area contributed by atoms with Crippen LogP contribution < -0.4 is 30.6 Å². The van der Waals surface area contributed by atoms with Gasteiger partial charge < -0.3 is 35.7 Å². The molecule has 278 valence electrons. The summed E-state index contributed by atoms with van der Waals surface area (Å²) in [6, 6.07) is 12.4. The molecule has 0 fully saturated rings. The van der Waals surface area contributed by atoms with Crippen molar-refractivity contribution in [3.8, 4) is 17.2 Å². The summed E-state index contributed by atoms with van der Waals surface area (Å²) >= 11 is 0. The highest BCUT2D eigenvalue weighted by molar-refractivity contribution is 5.99. The van der Waals surface area contributed by atoms with Crippen LogP contribution in [0.5, 0.6) is 17.2 Å². The second-order valence-corrected chi connectivity index (χ2v) is 12.6. The Morgan fingerprint density at radius 3 is 2.19 bits per heavy atom. The number of unbranched alkanes of at least 4 members (excludes halogenated alkanes) is 2. The van der Waals surface area contributed by atoms with E-state index in [1.165, 1.54) is 6.20 Å². The summed E-state index contributed by atoms with van der Waals surface area (Å²) < 4.78 is 18.2. The highest BCUT2D eigenvalue weighted by Gasteiger charge is 2.22. The van der Waals surface area contributed by atoms with E-state index in [0.29, 0.717) is 80.4 Å². The first-order valence-corrected chi connectivity index (χ1v) is 18.0. The number of pyridine rings is 1. The zero-order chi connectivity index (χ0) is 37.1. The number of ether oxygens (including phenoxy) is 3. The van der Waals surface area contributed by atoms with Crippen molar-refractivity contribution in [2.45, 2.75) is 77.0 Å².